The molecule has 1 aliphatic heterocycles. The van der Waals surface area contributed by atoms with Crippen molar-refractivity contribution in [3.8, 4) is 5.75 Å². The van der Waals surface area contributed by atoms with E-state index in [1.807, 2.05) is 50.2 Å². The van der Waals surface area contributed by atoms with E-state index in [-0.39, 0.29) is 17.6 Å². The molecule has 2 aromatic carbocycles. The molecule has 120 valence electrons. The summed E-state index contributed by atoms with van der Waals surface area (Å²) in [4.78, 5) is 12.4. The molecule has 0 aromatic heterocycles. The summed E-state index contributed by atoms with van der Waals surface area (Å²) >= 11 is 5.88. The molecule has 1 unspecified atom stereocenters. The molecule has 1 amide bonds. The Kier molecular flexibility index (Phi) is 4.31. The zero-order valence-electron chi connectivity index (χ0n) is 13.3. The van der Waals surface area contributed by atoms with Gasteiger partial charge in [0.2, 0.25) is 5.91 Å². The molecule has 3 rings (SSSR count). The van der Waals surface area contributed by atoms with Gasteiger partial charge in [0.05, 0.1) is 12.5 Å². The molecule has 1 aliphatic rings. The third kappa shape index (κ3) is 3.85. The fourth-order valence-electron chi connectivity index (χ4n) is 2.96. The average Bonchev–Trinajstić information content (AvgIpc) is 2.48. The van der Waals surface area contributed by atoms with Gasteiger partial charge in [-0.05, 0) is 37.6 Å². The first-order chi connectivity index (χ1) is 10.9. The van der Waals surface area contributed by atoms with Gasteiger partial charge in [-0.25, -0.2) is 0 Å². The first kappa shape index (κ1) is 15.9. The number of amides is 1. The SMILES string of the molecule is CC1(C)CC(NC(=O)Cc2ccc(Cl)cc2)c2ccccc2O1. The minimum absolute atomic E-state index is 0.00447. The van der Waals surface area contributed by atoms with E-state index in [2.05, 4.69) is 5.32 Å². The normalized spacial score (nSPS) is 18.7. The number of para-hydroxylation sites is 1. The average molecular weight is 330 g/mol. The van der Waals surface area contributed by atoms with Crippen LogP contribution in [0.25, 0.3) is 0 Å². The van der Waals surface area contributed by atoms with Crippen molar-refractivity contribution < 1.29 is 9.53 Å². The molecular weight excluding hydrogens is 310 g/mol. The zero-order valence-corrected chi connectivity index (χ0v) is 14.1. The van der Waals surface area contributed by atoms with E-state index in [0.29, 0.717) is 11.4 Å². The van der Waals surface area contributed by atoms with Crippen LogP contribution in [0.15, 0.2) is 48.5 Å². The Morgan fingerprint density at radius 2 is 1.91 bits per heavy atom. The Morgan fingerprint density at radius 3 is 2.65 bits per heavy atom. The zero-order chi connectivity index (χ0) is 16.4. The Bertz CT molecular complexity index is 710. The molecule has 1 atom stereocenters. The summed E-state index contributed by atoms with van der Waals surface area (Å²) in [5.74, 6) is 0.852. The number of benzene rings is 2. The van der Waals surface area contributed by atoms with E-state index in [1.54, 1.807) is 12.1 Å². The van der Waals surface area contributed by atoms with Crippen LogP contribution >= 0.6 is 11.6 Å². The minimum Gasteiger partial charge on any atom is -0.487 e. The number of rotatable bonds is 3. The van der Waals surface area contributed by atoms with Gasteiger partial charge < -0.3 is 10.1 Å². The lowest BCUT2D eigenvalue weighted by atomic mass is 9.89. The van der Waals surface area contributed by atoms with Crippen molar-refractivity contribution in [3.63, 3.8) is 0 Å². The van der Waals surface area contributed by atoms with Crippen LogP contribution in [-0.2, 0) is 11.2 Å². The molecule has 1 heterocycles. The van der Waals surface area contributed by atoms with E-state index in [0.717, 1.165) is 23.3 Å². The second-order valence-electron chi connectivity index (χ2n) is 6.53. The molecule has 1 N–H and O–H groups in total. The molecule has 0 saturated heterocycles. The number of ether oxygens (including phenoxy) is 1. The molecule has 23 heavy (non-hydrogen) atoms. The van der Waals surface area contributed by atoms with Crippen LogP contribution in [0.5, 0.6) is 5.75 Å². The van der Waals surface area contributed by atoms with Crippen LogP contribution in [0.3, 0.4) is 0 Å². The standard InChI is InChI=1S/C19H20ClNO2/c1-19(2)12-16(15-5-3-4-6-17(15)23-19)21-18(22)11-13-7-9-14(20)10-8-13/h3-10,16H,11-12H2,1-2H3,(H,21,22). The second-order valence-corrected chi connectivity index (χ2v) is 6.96. The number of fused-ring (bicyclic) bond motifs is 1. The second kappa shape index (κ2) is 6.25. The number of nitrogens with one attached hydrogen (secondary N) is 1. The number of hydrogen-bond donors (Lipinski definition) is 1. The Morgan fingerprint density at radius 1 is 1.22 bits per heavy atom. The van der Waals surface area contributed by atoms with Crippen molar-refractivity contribution >= 4 is 17.5 Å². The predicted octanol–water partition coefficient (Wildman–Crippen LogP) is 4.30. The van der Waals surface area contributed by atoms with Gasteiger partial charge in [0.1, 0.15) is 11.4 Å². The highest BCUT2D eigenvalue weighted by molar-refractivity contribution is 6.30. The van der Waals surface area contributed by atoms with Crippen LogP contribution in [-0.4, -0.2) is 11.5 Å². The van der Waals surface area contributed by atoms with E-state index < -0.39 is 0 Å². The lowest BCUT2D eigenvalue weighted by Gasteiger charge is -2.37. The van der Waals surface area contributed by atoms with E-state index in [4.69, 9.17) is 16.3 Å². The Balaban J connectivity index is 1.74. The number of halogens is 1. The fourth-order valence-corrected chi connectivity index (χ4v) is 3.09. The van der Waals surface area contributed by atoms with Crippen molar-refractivity contribution in [3.05, 3.63) is 64.7 Å². The van der Waals surface area contributed by atoms with E-state index in [1.165, 1.54) is 0 Å². The van der Waals surface area contributed by atoms with Gasteiger partial charge in [-0.1, -0.05) is 41.9 Å². The monoisotopic (exact) mass is 329 g/mol. The lowest BCUT2D eigenvalue weighted by molar-refractivity contribution is -0.121. The van der Waals surface area contributed by atoms with Crippen molar-refractivity contribution in [2.75, 3.05) is 0 Å². The molecule has 2 aromatic rings. The van der Waals surface area contributed by atoms with E-state index in [9.17, 15) is 4.79 Å². The molecule has 4 heteroatoms. The quantitative estimate of drug-likeness (QED) is 0.911. The number of carbonyl (C=O) groups excluding carboxylic acids is 1. The smallest absolute Gasteiger partial charge is 0.224 e. The van der Waals surface area contributed by atoms with Crippen LogP contribution in [0.2, 0.25) is 5.02 Å². The van der Waals surface area contributed by atoms with Crippen LogP contribution in [0.4, 0.5) is 0 Å². The third-order valence-electron chi connectivity index (χ3n) is 3.99. The first-order valence-electron chi connectivity index (χ1n) is 7.75. The summed E-state index contributed by atoms with van der Waals surface area (Å²) < 4.78 is 6.00. The van der Waals surface area contributed by atoms with Crippen LogP contribution < -0.4 is 10.1 Å². The van der Waals surface area contributed by atoms with Crippen molar-refractivity contribution in [2.45, 2.75) is 38.3 Å². The first-order valence-corrected chi connectivity index (χ1v) is 8.12. The summed E-state index contributed by atoms with van der Waals surface area (Å²) in [5, 5.41) is 3.82. The third-order valence-corrected chi connectivity index (χ3v) is 4.24. The van der Waals surface area contributed by atoms with Gasteiger partial charge >= 0.3 is 0 Å². The minimum atomic E-state index is -0.299. The van der Waals surface area contributed by atoms with Gasteiger partial charge in [0, 0.05) is 17.0 Å². The fraction of sp³-hybridized carbons (Fsp3) is 0.316. The van der Waals surface area contributed by atoms with Crippen LogP contribution in [0.1, 0.15) is 37.4 Å². The summed E-state index contributed by atoms with van der Waals surface area (Å²) in [7, 11) is 0. The highest BCUT2D eigenvalue weighted by atomic mass is 35.5. The lowest BCUT2D eigenvalue weighted by Crippen LogP contribution is -2.41. The molecule has 0 saturated carbocycles. The van der Waals surface area contributed by atoms with Gasteiger partial charge in [0.15, 0.2) is 0 Å². The van der Waals surface area contributed by atoms with Gasteiger partial charge in [-0.2, -0.15) is 0 Å². The number of hydrogen-bond acceptors (Lipinski definition) is 2. The molecular formula is C19H20ClNO2. The van der Waals surface area contributed by atoms with Crippen molar-refractivity contribution in [2.24, 2.45) is 0 Å². The number of carbonyl (C=O) groups is 1. The maximum atomic E-state index is 12.4. The maximum Gasteiger partial charge on any atom is 0.224 e. The van der Waals surface area contributed by atoms with E-state index >= 15 is 0 Å². The van der Waals surface area contributed by atoms with Gasteiger partial charge in [0.25, 0.3) is 0 Å². The van der Waals surface area contributed by atoms with Gasteiger partial charge in [-0.3, -0.25) is 4.79 Å². The molecule has 0 bridgehead atoms. The Labute approximate surface area is 141 Å². The predicted molar refractivity (Wildman–Crippen MR) is 91.8 cm³/mol. The van der Waals surface area contributed by atoms with Gasteiger partial charge in [-0.15, -0.1) is 0 Å². The summed E-state index contributed by atoms with van der Waals surface area (Å²) in [6.45, 7) is 4.09. The summed E-state index contributed by atoms with van der Waals surface area (Å²) in [5.41, 5.74) is 1.69. The molecule has 0 radical (unpaired) electrons. The topological polar surface area (TPSA) is 38.3 Å². The van der Waals surface area contributed by atoms with Crippen LogP contribution in [0, 0.1) is 0 Å². The van der Waals surface area contributed by atoms with Crippen molar-refractivity contribution in [1.29, 1.82) is 0 Å². The maximum absolute atomic E-state index is 12.4. The molecule has 0 spiro atoms. The molecule has 0 fully saturated rings. The highest BCUT2D eigenvalue weighted by Gasteiger charge is 2.34. The molecule has 0 aliphatic carbocycles. The summed E-state index contributed by atoms with van der Waals surface area (Å²) in [6, 6.07) is 15.2. The summed E-state index contributed by atoms with van der Waals surface area (Å²) in [6.07, 6.45) is 1.09. The largest absolute Gasteiger partial charge is 0.487 e. The van der Waals surface area contributed by atoms with Crippen molar-refractivity contribution in [1.82, 2.24) is 5.32 Å². The molecule has 3 nitrogen and oxygen atoms in total. The highest BCUT2D eigenvalue weighted by Crippen LogP contribution is 2.39. The Hall–Kier alpha value is -2.00.